The Kier molecular flexibility index (Phi) is 4.16. The third kappa shape index (κ3) is 5.77. The fourth-order valence-electron chi connectivity index (χ4n) is 0.751. The van der Waals surface area contributed by atoms with Gasteiger partial charge in [0.25, 0.3) is 0 Å². The Bertz CT molecular complexity index is 208. The Morgan fingerprint density at radius 3 is 2.64 bits per heavy atom. The van der Waals surface area contributed by atoms with Crippen LogP contribution in [0.25, 0.3) is 0 Å². The quantitative estimate of drug-likeness (QED) is 0.618. The van der Waals surface area contributed by atoms with E-state index in [4.69, 9.17) is 16.3 Å². The van der Waals surface area contributed by atoms with Gasteiger partial charge in [0.1, 0.15) is 5.60 Å². The summed E-state index contributed by atoms with van der Waals surface area (Å²) in [5.41, 5.74) is -0.872. The number of nitrogens with one attached hydrogen (secondary N) is 1. The van der Waals surface area contributed by atoms with Gasteiger partial charge in [0.05, 0.1) is 18.8 Å². The second kappa shape index (κ2) is 5.17. The van der Waals surface area contributed by atoms with Crippen molar-refractivity contribution in [2.24, 2.45) is 0 Å². The largest absolute Gasteiger partial charge is 0.444 e. The molecule has 2 atom stereocenters. The predicted octanol–water partition coefficient (Wildman–Crippen LogP) is 0.253. The highest BCUT2D eigenvalue weighted by Gasteiger charge is 2.21. The van der Waals surface area contributed by atoms with Gasteiger partial charge in [0, 0.05) is 1.37 Å². The first-order valence-electron chi connectivity index (χ1n) is 5.11. The summed E-state index contributed by atoms with van der Waals surface area (Å²) in [6.07, 6.45) is -1.60. The molecule has 0 spiro atoms. The first-order chi connectivity index (χ1) is 6.82. The van der Waals surface area contributed by atoms with E-state index in [1.54, 1.807) is 13.8 Å². The van der Waals surface area contributed by atoms with Crippen molar-refractivity contribution in [2.75, 3.05) is 6.61 Å². The number of aliphatic hydroxyl groups excluding tert-OH is 2. The van der Waals surface area contributed by atoms with E-state index in [9.17, 15) is 4.79 Å². The molecule has 0 saturated carbocycles. The number of aliphatic hydroxyl groups is 2. The van der Waals surface area contributed by atoms with Gasteiger partial charge < -0.3 is 20.3 Å². The van der Waals surface area contributed by atoms with E-state index in [0.29, 0.717) is 0 Å². The van der Waals surface area contributed by atoms with Gasteiger partial charge in [-0.3, -0.25) is 0 Å². The molecule has 0 fully saturated rings. The minimum absolute atomic E-state index is 0.0567. The number of ether oxygens (including phenoxy) is 1. The zero-order chi connectivity index (χ0) is 12.1. The molecule has 0 aliphatic rings. The van der Waals surface area contributed by atoms with Crippen molar-refractivity contribution in [1.82, 2.24) is 5.32 Å². The molecule has 0 aliphatic carbocycles. The van der Waals surface area contributed by atoms with Crippen LogP contribution in [0.2, 0.25) is 0 Å². The van der Waals surface area contributed by atoms with E-state index in [0.717, 1.165) is 0 Å². The zero-order valence-electron chi connectivity index (χ0n) is 9.78. The highest BCUT2D eigenvalue weighted by molar-refractivity contribution is 5.68. The lowest BCUT2D eigenvalue weighted by Gasteiger charge is -2.23. The minimum atomic E-state index is -0.872. The third-order valence-corrected chi connectivity index (χ3v) is 1.45. The highest BCUT2D eigenvalue weighted by atomic mass is 16.6. The summed E-state index contributed by atoms with van der Waals surface area (Å²) in [6.45, 7) is 4.25. The number of hydrogen-bond acceptors (Lipinski definition) is 4. The monoisotopic (exact) mass is 206 g/mol. The average molecular weight is 206 g/mol. The summed E-state index contributed by atoms with van der Waals surface area (Å²) in [6, 6.07) is -0.751. The summed E-state index contributed by atoms with van der Waals surface area (Å²) in [5, 5.41) is 20.3. The standard InChI is InChI=1S/C9H19NO4/c1-6(12)7(5-11)10-8(13)14-9(2,3)4/h6-7,11-12H,5H2,1-4H3,(H,10,13)/t6-,7-/m1/s1/i2D. The normalized spacial score (nSPS) is 16.8. The molecule has 14 heavy (non-hydrogen) atoms. The van der Waals surface area contributed by atoms with Crippen LogP contribution in [0.15, 0.2) is 0 Å². The number of hydrogen-bond donors (Lipinski definition) is 3. The van der Waals surface area contributed by atoms with Crippen LogP contribution in [-0.2, 0) is 4.74 Å². The summed E-state index contributed by atoms with van der Waals surface area (Å²) >= 11 is 0. The van der Waals surface area contributed by atoms with Crippen molar-refractivity contribution in [3.05, 3.63) is 0 Å². The van der Waals surface area contributed by atoms with E-state index in [-0.39, 0.29) is 13.5 Å². The van der Waals surface area contributed by atoms with Gasteiger partial charge in [-0.25, -0.2) is 4.79 Å². The lowest BCUT2D eigenvalue weighted by Crippen LogP contribution is -2.46. The van der Waals surface area contributed by atoms with Crippen molar-refractivity contribution >= 4 is 6.09 Å². The van der Waals surface area contributed by atoms with E-state index in [1.165, 1.54) is 6.92 Å². The van der Waals surface area contributed by atoms with Crippen LogP contribution in [0.4, 0.5) is 4.79 Å². The summed E-state index contributed by atoms with van der Waals surface area (Å²) in [5.74, 6) is 0. The maximum absolute atomic E-state index is 11.3. The Morgan fingerprint density at radius 2 is 2.29 bits per heavy atom. The second-order valence-electron chi connectivity index (χ2n) is 3.82. The molecule has 0 bridgehead atoms. The third-order valence-electron chi connectivity index (χ3n) is 1.45. The van der Waals surface area contributed by atoms with Gasteiger partial charge in [0.2, 0.25) is 0 Å². The molecule has 1 amide bonds. The fraction of sp³-hybridized carbons (Fsp3) is 0.889. The fourth-order valence-corrected chi connectivity index (χ4v) is 0.751. The van der Waals surface area contributed by atoms with Crippen LogP contribution in [0.1, 0.15) is 29.0 Å². The molecule has 0 aromatic carbocycles. The lowest BCUT2D eigenvalue weighted by molar-refractivity contribution is 0.0377. The van der Waals surface area contributed by atoms with Crippen molar-refractivity contribution in [3.63, 3.8) is 0 Å². The number of rotatable bonds is 3. The molecule has 0 rings (SSSR count). The molecule has 84 valence electrons. The smallest absolute Gasteiger partial charge is 0.408 e. The molecule has 0 radical (unpaired) electrons. The molecule has 0 aliphatic heterocycles. The molecule has 5 nitrogen and oxygen atoms in total. The number of carbonyl (C=O) groups excluding carboxylic acids is 1. The molecule has 3 N–H and O–H groups in total. The van der Waals surface area contributed by atoms with Gasteiger partial charge in [-0.2, -0.15) is 0 Å². The molecule has 0 saturated heterocycles. The lowest BCUT2D eigenvalue weighted by atomic mass is 10.2. The maximum atomic E-state index is 11.3. The molecule has 5 heteroatoms. The van der Waals surface area contributed by atoms with Crippen LogP contribution in [0.5, 0.6) is 0 Å². The van der Waals surface area contributed by atoms with Crippen LogP contribution in [-0.4, -0.2) is 40.7 Å². The topological polar surface area (TPSA) is 78.8 Å². The van der Waals surface area contributed by atoms with E-state index >= 15 is 0 Å². The minimum Gasteiger partial charge on any atom is -0.444 e. The van der Waals surface area contributed by atoms with E-state index in [1.807, 2.05) is 0 Å². The summed E-state index contributed by atoms with van der Waals surface area (Å²) in [7, 11) is 0. The van der Waals surface area contributed by atoms with E-state index < -0.39 is 23.8 Å². The first-order valence-corrected chi connectivity index (χ1v) is 4.40. The Labute approximate surface area is 85.5 Å². The van der Waals surface area contributed by atoms with Gasteiger partial charge in [-0.1, -0.05) is 0 Å². The van der Waals surface area contributed by atoms with Gasteiger partial charge in [0.15, 0.2) is 0 Å². The molecule has 0 aromatic heterocycles. The van der Waals surface area contributed by atoms with Crippen molar-refractivity contribution in [2.45, 2.75) is 45.4 Å². The molecule has 0 aromatic rings. The van der Waals surface area contributed by atoms with Gasteiger partial charge in [-0.15, -0.1) is 0 Å². The average Bonchev–Trinajstić information content (AvgIpc) is 2.13. The second-order valence-corrected chi connectivity index (χ2v) is 3.82. The number of carbonyl (C=O) groups is 1. The molecule has 0 heterocycles. The van der Waals surface area contributed by atoms with Gasteiger partial charge in [-0.05, 0) is 27.7 Å². The van der Waals surface area contributed by atoms with Crippen molar-refractivity contribution in [1.29, 1.82) is 0 Å². The van der Waals surface area contributed by atoms with Crippen molar-refractivity contribution in [3.8, 4) is 0 Å². The zero-order valence-corrected chi connectivity index (χ0v) is 8.78. The maximum Gasteiger partial charge on any atom is 0.408 e. The molecule has 0 unspecified atom stereocenters. The Morgan fingerprint density at radius 1 is 1.71 bits per heavy atom. The van der Waals surface area contributed by atoms with Crippen LogP contribution >= 0.6 is 0 Å². The molecular weight excluding hydrogens is 186 g/mol. The first kappa shape index (κ1) is 11.3. The van der Waals surface area contributed by atoms with E-state index in [2.05, 4.69) is 5.32 Å². The number of alkyl carbamates (subject to hydrolysis) is 1. The van der Waals surface area contributed by atoms with Crippen LogP contribution in [0, 0.1) is 0 Å². The Balaban J connectivity index is 4.13. The summed E-state index contributed by atoms with van der Waals surface area (Å²) < 4.78 is 12.0. The van der Waals surface area contributed by atoms with Crippen LogP contribution < -0.4 is 5.32 Å². The number of amides is 1. The SMILES string of the molecule is [2H]CC(C)(C)OC(=O)N[C@H](CO)[C@@H](C)O. The molecular formula is C9H19NO4. The Hall–Kier alpha value is -0.810. The van der Waals surface area contributed by atoms with Crippen LogP contribution in [0.3, 0.4) is 0 Å². The summed E-state index contributed by atoms with van der Waals surface area (Å²) in [4.78, 5) is 11.3. The van der Waals surface area contributed by atoms with Crippen molar-refractivity contribution < 1.29 is 21.1 Å². The predicted molar refractivity (Wildman–Crippen MR) is 51.9 cm³/mol. The highest BCUT2D eigenvalue weighted by Crippen LogP contribution is 2.07. The van der Waals surface area contributed by atoms with Gasteiger partial charge >= 0.3 is 6.09 Å².